The van der Waals surface area contributed by atoms with Crippen molar-refractivity contribution in [2.75, 3.05) is 50.0 Å². The van der Waals surface area contributed by atoms with E-state index in [4.69, 9.17) is 15.7 Å². The molecule has 0 saturated carbocycles. The van der Waals surface area contributed by atoms with Gasteiger partial charge in [-0.1, -0.05) is 37.5 Å². The second-order valence-corrected chi connectivity index (χ2v) is 7.83. The molecular weight excluding hydrogens is 436 g/mol. The molecule has 0 aromatic carbocycles. The van der Waals surface area contributed by atoms with Gasteiger partial charge in [-0.15, -0.1) is 12.4 Å². The number of hydrogen-bond donors (Lipinski definition) is 2. The molecule has 0 bridgehead atoms. The Bertz CT molecular complexity index is 1130. The first-order valence-electron chi connectivity index (χ1n) is 10.8. The normalized spacial score (nSPS) is 15.7. The van der Waals surface area contributed by atoms with Gasteiger partial charge in [-0.2, -0.15) is 0 Å². The lowest BCUT2D eigenvalue weighted by Crippen LogP contribution is -2.45. The maximum atomic E-state index is 5.99. The van der Waals surface area contributed by atoms with Crippen molar-refractivity contribution in [1.82, 2.24) is 24.3 Å². The summed E-state index contributed by atoms with van der Waals surface area (Å²) in [5, 5.41) is 3.40. The summed E-state index contributed by atoms with van der Waals surface area (Å²) >= 11 is 0. The standard InChI is InChI=1S/C24H30N8.ClH/c1-4-7-18(5-2)20(16-25)29-22-9-6-8-19(28-22)21-17-27-24-23(26-10-11-32(21)24)31-14-12-30(3)13-15-31;/h4-11,17,20H,1-2,12-16,25H2,3H3,(H,28,29);1H/b18-7+;. The van der Waals surface area contributed by atoms with Gasteiger partial charge in [0.15, 0.2) is 11.5 Å². The van der Waals surface area contributed by atoms with Crippen LogP contribution in [0, 0.1) is 0 Å². The predicted octanol–water partition coefficient (Wildman–Crippen LogP) is 3.00. The Labute approximate surface area is 200 Å². The second-order valence-electron chi connectivity index (χ2n) is 7.83. The molecule has 0 amide bonds. The van der Waals surface area contributed by atoms with Crippen molar-refractivity contribution in [3.63, 3.8) is 0 Å². The highest BCUT2D eigenvalue weighted by atomic mass is 35.5. The lowest BCUT2D eigenvalue weighted by Gasteiger charge is -2.33. The third-order valence-corrected chi connectivity index (χ3v) is 5.73. The Morgan fingerprint density at radius 3 is 2.70 bits per heavy atom. The predicted molar refractivity (Wildman–Crippen MR) is 138 cm³/mol. The Kier molecular flexibility index (Phi) is 8.21. The molecule has 8 nitrogen and oxygen atoms in total. The summed E-state index contributed by atoms with van der Waals surface area (Å²) in [6, 6.07) is 5.78. The number of hydrogen-bond acceptors (Lipinski definition) is 7. The van der Waals surface area contributed by atoms with Crippen molar-refractivity contribution in [2.24, 2.45) is 5.73 Å². The minimum atomic E-state index is -0.108. The number of fused-ring (bicyclic) bond motifs is 1. The number of nitrogens with two attached hydrogens (primary N) is 1. The average Bonchev–Trinajstić information content (AvgIpc) is 3.26. The molecule has 0 radical (unpaired) electrons. The number of imidazole rings is 1. The molecule has 3 N–H and O–H groups in total. The van der Waals surface area contributed by atoms with Crippen LogP contribution >= 0.6 is 12.4 Å². The molecule has 1 atom stereocenters. The monoisotopic (exact) mass is 466 g/mol. The molecule has 3 aromatic heterocycles. The summed E-state index contributed by atoms with van der Waals surface area (Å²) in [5.74, 6) is 1.65. The number of likely N-dealkylation sites (N-methyl/N-ethyl adjacent to an activating group) is 1. The van der Waals surface area contributed by atoms with E-state index >= 15 is 0 Å². The molecule has 1 saturated heterocycles. The Morgan fingerprint density at radius 1 is 1.21 bits per heavy atom. The van der Waals surface area contributed by atoms with E-state index in [2.05, 4.69) is 44.7 Å². The quantitative estimate of drug-likeness (QED) is 0.493. The topological polar surface area (TPSA) is 87.6 Å². The van der Waals surface area contributed by atoms with Gasteiger partial charge in [0.25, 0.3) is 0 Å². The van der Waals surface area contributed by atoms with Gasteiger partial charge in [-0.05, 0) is 24.8 Å². The van der Waals surface area contributed by atoms with E-state index in [-0.39, 0.29) is 18.4 Å². The fraction of sp³-hybridized carbons (Fsp3) is 0.292. The van der Waals surface area contributed by atoms with Gasteiger partial charge >= 0.3 is 0 Å². The number of pyridine rings is 1. The molecule has 4 heterocycles. The number of nitrogens with one attached hydrogen (secondary N) is 1. The summed E-state index contributed by atoms with van der Waals surface area (Å²) in [6.45, 7) is 12.0. The smallest absolute Gasteiger partial charge is 0.180 e. The zero-order valence-corrected chi connectivity index (χ0v) is 19.7. The van der Waals surface area contributed by atoms with Crippen molar-refractivity contribution in [3.8, 4) is 11.4 Å². The lowest BCUT2D eigenvalue weighted by atomic mass is 10.1. The molecular formula is C24H31ClN8. The summed E-state index contributed by atoms with van der Waals surface area (Å²) in [7, 11) is 2.14. The van der Waals surface area contributed by atoms with Crippen molar-refractivity contribution < 1.29 is 0 Å². The molecule has 0 spiro atoms. The van der Waals surface area contributed by atoms with Gasteiger partial charge in [0.1, 0.15) is 5.82 Å². The van der Waals surface area contributed by atoms with Crippen LogP contribution in [-0.2, 0) is 0 Å². The first-order chi connectivity index (χ1) is 15.6. The van der Waals surface area contributed by atoms with Crippen LogP contribution in [0.5, 0.6) is 0 Å². The van der Waals surface area contributed by atoms with E-state index in [1.807, 2.05) is 42.9 Å². The van der Waals surface area contributed by atoms with E-state index in [0.29, 0.717) is 6.54 Å². The van der Waals surface area contributed by atoms with Crippen LogP contribution in [0.1, 0.15) is 0 Å². The third-order valence-electron chi connectivity index (χ3n) is 5.73. The fourth-order valence-electron chi connectivity index (χ4n) is 3.91. The highest BCUT2D eigenvalue weighted by Crippen LogP contribution is 2.25. The number of aromatic nitrogens is 4. The molecule has 174 valence electrons. The van der Waals surface area contributed by atoms with Crippen molar-refractivity contribution in [3.05, 3.63) is 73.7 Å². The first-order valence-corrected chi connectivity index (χ1v) is 10.8. The zero-order chi connectivity index (χ0) is 22.5. The van der Waals surface area contributed by atoms with Crippen LogP contribution in [0.4, 0.5) is 11.6 Å². The van der Waals surface area contributed by atoms with Gasteiger partial charge in [0.05, 0.1) is 23.6 Å². The van der Waals surface area contributed by atoms with Gasteiger partial charge < -0.3 is 20.9 Å². The summed E-state index contributed by atoms with van der Waals surface area (Å²) in [6.07, 6.45) is 11.0. The number of rotatable bonds is 8. The molecule has 3 aromatic rings. The van der Waals surface area contributed by atoms with Crippen LogP contribution in [0.2, 0.25) is 0 Å². The largest absolute Gasteiger partial charge is 0.362 e. The third kappa shape index (κ3) is 5.24. The number of allylic oxidation sites excluding steroid dienone is 2. The van der Waals surface area contributed by atoms with Crippen LogP contribution < -0.4 is 16.0 Å². The Morgan fingerprint density at radius 2 is 2.00 bits per heavy atom. The minimum absolute atomic E-state index is 0. The molecule has 33 heavy (non-hydrogen) atoms. The fourth-order valence-corrected chi connectivity index (χ4v) is 3.91. The summed E-state index contributed by atoms with van der Waals surface area (Å²) in [4.78, 5) is 18.8. The maximum absolute atomic E-state index is 5.99. The summed E-state index contributed by atoms with van der Waals surface area (Å²) in [5.41, 5.74) is 9.53. The number of halogens is 1. The first kappa shape index (κ1) is 24.4. The SMILES string of the molecule is C=C/C=C(\C=C)C(CN)Nc1cccc(-c2cnc3c(N4CCN(C)CC4)nccn23)n1.Cl. The van der Waals surface area contributed by atoms with Crippen LogP contribution in [-0.4, -0.2) is 70.1 Å². The Hall–Kier alpha value is -3.20. The zero-order valence-electron chi connectivity index (χ0n) is 18.9. The Balaban J connectivity index is 0.00000306. The van der Waals surface area contributed by atoms with Gasteiger partial charge in [-0.3, -0.25) is 4.40 Å². The van der Waals surface area contributed by atoms with E-state index < -0.39 is 0 Å². The second kappa shape index (κ2) is 11.1. The van der Waals surface area contributed by atoms with Crippen LogP contribution in [0.25, 0.3) is 17.0 Å². The molecule has 1 fully saturated rings. The highest BCUT2D eigenvalue weighted by molar-refractivity contribution is 5.85. The molecule has 0 aliphatic carbocycles. The maximum Gasteiger partial charge on any atom is 0.180 e. The number of piperazine rings is 1. The average molecular weight is 467 g/mol. The number of nitrogens with zero attached hydrogens (tertiary/aromatic N) is 6. The minimum Gasteiger partial charge on any atom is -0.362 e. The van der Waals surface area contributed by atoms with Crippen molar-refractivity contribution in [2.45, 2.75) is 6.04 Å². The van der Waals surface area contributed by atoms with Gasteiger partial charge in [0.2, 0.25) is 0 Å². The van der Waals surface area contributed by atoms with Gasteiger partial charge in [-0.25, -0.2) is 15.0 Å². The molecule has 1 aliphatic heterocycles. The van der Waals surface area contributed by atoms with Crippen LogP contribution in [0.3, 0.4) is 0 Å². The molecule has 1 unspecified atom stereocenters. The molecule has 9 heteroatoms. The number of anilines is 2. The van der Waals surface area contributed by atoms with Crippen LogP contribution in [0.15, 0.2) is 73.7 Å². The van der Waals surface area contributed by atoms with E-state index in [1.54, 1.807) is 12.2 Å². The van der Waals surface area contributed by atoms with E-state index in [1.165, 1.54) is 0 Å². The van der Waals surface area contributed by atoms with Crippen molar-refractivity contribution >= 4 is 29.7 Å². The highest BCUT2D eigenvalue weighted by Gasteiger charge is 2.20. The molecule has 4 rings (SSSR count). The van der Waals surface area contributed by atoms with E-state index in [9.17, 15) is 0 Å². The van der Waals surface area contributed by atoms with E-state index in [0.717, 1.165) is 60.4 Å². The van der Waals surface area contributed by atoms with Gasteiger partial charge in [0, 0.05) is 45.1 Å². The van der Waals surface area contributed by atoms with Crippen molar-refractivity contribution in [1.29, 1.82) is 0 Å². The lowest BCUT2D eigenvalue weighted by molar-refractivity contribution is 0.312. The molecule has 1 aliphatic rings. The summed E-state index contributed by atoms with van der Waals surface area (Å²) < 4.78 is 2.06.